The van der Waals surface area contributed by atoms with Crippen molar-refractivity contribution in [1.29, 1.82) is 0 Å². The Bertz CT molecular complexity index is 1160. The highest BCUT2D eigenvalue weighted by molar-refractivity contribution is 6.01. The van der Waals surface area contributed by atoms with Gasteiger partial charge in [0, 0.05) is 36.0 Å². The second-order valence-electron chi connectivity index (χ2n) is 7.53. The first-order valence-electron chi connectivity index (χ1n) is 10.4. The third-order valence-electron chi connectivity index (χ3n) is 5.23. The van der Waals surface area contributed by atoms with E-state index in [1.807, 2.05) is 24.3 Å². The molecule has 0 radical (unpaired) electrons. The SMILES string of the molecule is CC(=O)c1ccc2c(c1)N(Cc1cccc(C(=O)NCCc3ccccn3)c1)C(=O)CO2. The molecule has 162 valence electrons. The summed E-state index contributed by atoms with van der Waals surface area (Å²) in [6.45, 7) is 2.16. The predicted octanol–water partition coefficient (Wildman–Crippen LogP) is 3.18. The van der Waals surface area contributed by atoms with Gasteiger partial charge in [-0.3, -0.25) is 19.4 Å². The fourth-order valence-electron chi connectivity index (χ4n) is 3.54. The zero-order valence-electron chi connectivity index (χ0n) is 17.7. The van der Waals surface area contributed by atoms with Gasteiger partial charge < -0.3 is 15.0 Å². The fraction of sp³-hybridized carbons (Fsp3) is 0.200. The molecule has 3 aromatic rings. The molecule has 32 heavy (non-hydrogen) atoms. The van der Waals surface area contributed by atoms with Crippen LogP contribution in [0.25, 0.3) is 0 Å². The highest BCUT2D eigenvalue weighted by Gasteiger charge is 2.26. The summed E-state index contributed by atoms with van der Waals surface area (Å²) in [5.41, 5.74) is 3.29. The first-order valence-corrected chi connectivity index (χ1v) is 10.4. The number of rotatable bonds is 7. The number of amides is 2. The lowest BCUT2D eigenvalue weighted by molar-refractivity contribution is -0.121. The lowest BCUT2D eigenvalue weighted by atomic mass is 10.1. The molecule has 1 aromatic heterocycles. The van der Waals surface area contributed by atoms with Crippen LogP contribution in [0.4, 0.5) is 5.69 Å². The predicted molar refractivity (Wildman–Crippen MR) is 120 cm³/mol. The summed E-state index contributed by atoms with van der Waals surface area (Å²) in [5.74, 6) is 0.0759. The van der Waals surface area contributed by atoms with Gasteiger partial charge in [0.05, 0.1) is 12.2 Å². The van der Waals surface area contributed by atoms with Crippen molar-refractivity contribution >= 4 is 23.3 Å². The van der Waals surface area contributed by atoms with Crippen LogP contribution in [0.2, 0.25) is 0 Å². The third-order valence-corrected chi connectivity index (χ3v) is 5.23. The van der Waals surface area contributed by atoms with Crippen LogP contribution in [-0.2, 0) is 17.8 Å². The average molecular weight is 429 g/mol. The molecule has 0 bridgehead atoms. The fourth-order valence-corrected chi connectivity index (χ4v) is 3.54. The standard InChI is InChI=1S/C25H23N3O4/c1-17(29)19-8-9-23-22(14-19)28(24(30)16-32-23)15-18-5-4-6-20(13-18)25(31)27-12-10-21-7-2-3-11-26-21/h2-9,11,13-14H,10,12,15-16H2,1H3,(H,27,31). The van der Waals surface area contributed by atoms with Gasteiger partial charge in [-0.25, -0.2) is 0 Å². The van der Waals surface area contributed by atoms with E-state index in [0.717, 1.165) is 11.3 Å². The maximum absolute atomic E-state index is 12.6. The number of ether oxygens (including phenoxy) is 1. The number of pyridine rings is 1. The van der Waals surface area contributed by atoms with E-state index in [1.54, 1.807) is 47.5 Å². The van der Waals surface area contributed by atoms with Crippen LogP contribution in [0.1, 0.15) is 38.9 Å². The molecule has 1 aliphatic rings. The van der Waals surface area contributed by atoms with Crippen molar-refractivity contribution in [1.82, 2.24) is 10.3 Å². The minimum absolute atomic E-state index is 0.0693. The zero-order valence-corrected chi connectivity index (χ0v) is 17.7. The molecule has 0 unspecified atom stereocenters. The van der Waals surface area contributed by atoms with Gasteiger partial charge >= 0.3 is 0 Å². The molecule has 1 aliphatic heterocycles. The maximum Gasteiger partial charge on any atom is 0.265 e. The molecule has 0 fully saturated rings. The zero-order chi connectivity index (χ0) is 22.5. The number of aromatic nitrogens is 1. The van der Waals surface area contributed by atoms with E-state index in [0.29, 0.717) is 35.5 Å². The molecule has 2 amide bonds. The van der Waals surface area contributed by atoms with Crippen LogP contribution < -0.4 is 15.0 Å². The average Bonchev–Trinajstić information content (AvgIpc) is 2.81. The molecule has 2 aromatic carbocycles. The molecule has 2 heterocycles. The molecule has 0 atom stereocenters. The van der Waals surface area contributed by atoms with Crippen molar-refractivity contribution in [3.63, 3.8) is 0 Å². The number of fused-ring (bicyclic) bond motifs is 1. The summed E-state index contributed by atoms with van der Waals surface area (Å²) in [4.78, 5) is 42.8. The molecule has 0 saturated heterocycles. The van der Waals surface area contributed by atoms with Crippen LogP contribution >= 0.6 is 0 Å². The van der Waals surface area contributed by atoms with Crippen molar-refractivity contribution in [2.75, 3.05) is 18.1 Å². The molecule has 4 rings (SSSR count). The highest BCUT2D eigenvalue weighted by Crippen LogP contribution is 2.34. The lowest BCUT2D eigenvalue weighted by Gasteiger charge is -2.30. The van der Waals surface area contributed by atoms with E-state index in [4.69, 9.17) is 4.74 Å². The largest absolute Gasteiger partial charge is 0.482 e. The Balaban J connectivity index is 1.47. The molecular weight excluding hydrogens is 406 g/mol. The van der Waals surface area contributed by atoms with E-state index in [2.05, 4.69) is 10.3 Å². The number of hydrogen-bond donors (Lipinski definition) is 1. The quantitative estimate of drug-likeness (QED) is 0.583. The van der Waals surface area contributed by atoms with Gasteiger partial charge in [0.1, 0.15) is 5.75 Å². The number of anilines is 1. The Morgan fingerprint density at radius 1 is 1.06 bits per heavy atom. The Morgan fingerprint density at radius 2 is 1.94 bits per heavy atom. The summed E-state index contributed by atoms with van der Waals surface area (Å²) in [5, 5.41) is 2.91. The van der Waals surface area contributed by atoms with Gasteiger partial charge in [0.2, 0.25) is 0 Å². The second kappa shape index (κ2) is 9.43. The molecule has 1 N–H and O–H groups in total. The Hall–Kier alpha value is -4.00. The van der Waals surface area contributed by atoms with Crippen LogP contribution in [0.5, 0.6) is 5.75 Å². The normalized spacial score (nSPS) is 12.7. The van der Waals surface area contributed by atoms with E-state index >= 15 is 0 Å². The van der Waals surface area contributed by atoms with Crippen molar-refractivity contribution in [3.8, 4) is 5.75 Å². The first kappa shape index (κ1) is 21.2. The van der Waals surface area contributed by atoms with Crippen molar-refractivity contribution in [3.05, 3.63) is 89.2 Å². The first-order chi connectivity index (χ1) is 15.5. The lowest BCUT2D eigenvalue weighted by Crippen LogP contribution is -2.38. The van der Waals surface area contributed by atoms with Gasteiger partial charge in [-0.15, -0.1) is 0 Å². The van der Waals surface area contributed by atoms with Crippen molar-refractivity contribution in [2.24, 2.45) is 0 Å². The van der Waals surface area contributed by atoms with E-state index in [9.17, 15) is 14.4 Å². The topological polar surface area (TPSA) is 88.6 Å². The monoisotopic (exact) mass is 429 g/mol. The Kier molecular flexibility index (Phi) is 6.26. The minimum Gasteiger partial charge on any atom is -0.482 e. The van der Waals surface area contributed by atoms with Gasteiger partial charge in [-0.05, 0) is 55.0 Å². The number of carbonyl (C=O) groups is 3. The minimum atomic E-state index is -0.205. The number of hydrogen-bond acceptors (Lipinski definition) is 5. The van der Waals surface area contributed by atoms with Gasteiger partial charge in [0.15, 0.2) is 12.4 Å². The van der Waals surface area contributed by atoms with Crippen LogP contribution in [0.15, 0.2) is 66.9 Å². The van der Waals surface area contributed by atoms with Gasteiger partial charge in [-0.1, -0.05) is 18.2 Å². The molecular formula is C25H23N3O4. The second-order valence-corrected chi connectivity index (χ2v) is 7.53. The third kappa shape index (κ3) is 4.83. The molecule has 0 aliphatic carbocycles. The van der Waals surface area contributed by atoms with Crippen LogP contribution in [-0.4, -0.2) is 35.7 Å². The van der Waals surface area contributed by atoms with Crippen LogP contribution in [0.3, 0.4) is 0 Å². The highest BCUT2D eigenvalue weighted by atomic mass is 16.5. The molecule has 7 nitrogen and oxygen atoms in total. The number of carbonyl (C=O) groups excluding carboxylic acids is 3. The summed E-state index contributed by atoms with van der Waals surface area (Å²) < 4.78 is 5.51. The number of benzene rings is 2. The van der Waals surface area contributed by atoms with E-state index < -0.39 is 0 Å². The van der Waals surface area contributed by atoms with Crippen molar-refractivity contribution in [2.45, 2.75) is 19.9 Å². The summed E-state index contributed by atoms with van der Waals surface area (Å²) in [6.07, 6.45) is 2.37. The van der Waals surface area contributed by atoms with Crippen molar-refractivity contribution < 1.29 is 19.1 Å². The smallest absolute Gasteiger partial charge is 0.265 e. The number of Topliss-reactive ketones (excluding diaryl/α,β-unsaturated/α-hetero) is 1. The summed E-state index contributed by atoms with van der Waals surface area (Å²) in [7, 11) is 0. The number of nitrogens with zero attached hydrogens (tertiary/aromatic N) is 2. The van der Waals surface area contributed by atoms with Gasteiger partial charge in [-0.2, -0.15) is 0 Å². The Morgan fingerprint density at radius 3 is 2.72 bits per heavy atom. The molecule has 0 saturated carbocycles. The summed E-state index contributed by atoms with van der Waals surface area (Å²) in [6, 6.07) is 17.9. The van der Waals surface area contributed by atoms with Crippen LogP contribution in [0, 0.1) is 0 Å². The maximum atomic E-state index is 12.6. The molecule has 7 heteroatoms. The van der Waals surface area contributed by atoms with E-state index in [-0.39, 0.29) is 30.7 Å². The van der Waals surface area contributed by atoms with E-state index in [1.165, 1.54) is 6.92 Å². The summed E-state index contributed by atoms with van der Waals surface area (Å²) >= 11 is 0. The molecule has 0 spiro atoms. The Labute approximate surface area is 186 Å². The number of nitrogens with one attached hydrogen (secondary N) is 1. The number of ketones is 1. The van der Waals surface area contributed by atoms with Gasteiger partial charge in [0.25, 0.3) is 11.8 Å².